The predicted octanol–water partition coefficient (Wildman–Crippen LogP) is 4.85. The third kappa shape index (κ3) is 6.38. The Kier molecular flexibility index (Phi) is 8.31. The van der Waals surface area contributed by atoms with E-state index in [2.05, 4.69) is 52.9 Å². The SMILES string of the molecule is C=CC(=O)Nc1cc(Nc2cc(-c3ccc4ncsc4c3)ncn2)c(OC)cc1N(C)CCN1CCN(C2CC2)CC1. The van der Waals surface area contributed by atoms with Gasteiger partial charge in [0.1, 0.15) is 17.9 Å². The number of methoxy groups -OCH3 is 1. The van der Waals surface area contributed by atoms with E-state index >= 15 is 0 Å². The quantitative estimate of drug-likeness (QED) is 0.240. The van der Waals surface area contributed by atoms with Gasteiger partial charge in [0.25, 0.3) is 0 Å². The van der Waals surface area contributed by atoms with Crippen LogP contribution in [0, 0.1) is 0 Å². The molecule has 1 amide bonds. The number of ether oxygens (including phenoxy) is 1. The monoisotopic (exact) mass is 584 g/mol. The molecule has 1 saturated carbocycles. The first-order valence-corrected chi connectivity index (χ1v) is 15.1. The van der Waals surface area contributed by atoms with Gasteiger partial charge in [0.05, 0.1) is 45.6 Å². The topological polar surface area (TPSA) is 98.7 Å². The highest BCUT2D eigenvalue weighted by Crippen LogP contribution is 2.38. The molecule has 2 aromatic heterocycles. The van der Waals surface area contributed by atoms with Crippen molar-refractivity contribution in [1.29, 1.82) is 0 Å². The molecule has 1 aliphatic heterocycles. The summed E-state index contributed by atoms with van der Waals surface area (Å²) in [5.74, 6) is 0.965. The van der Waals surface area contributed by atoms with Crippen molar-refractivity contribution in [2.24, 2.45) is 0 Å². The normalized spacial score (nSPS) is 15.9. The van der Waals surface area contributed by atoms with E-state index in [9.17, 15) is 4.79 Å². The maximum Gasteiger partial charge on any atom is 0.247 e. The summed E-state index contributed by atoms with van der Waals surface area (Å²) in [5.41, 5.74) is 6.78. The summed E-state index contributed by atoms with van der Waals surface area (Å²) in [6, 6.07) is 12.6. The average molecular weight is 585 g/mol. The Morgan fingerprint density at radius 3 is 2.71 bits per heavy atom. The van der Waals surface area contributed by atoms with Crippen molar-refractivity contribution in [2.45, 2.75) is 18.9 Å². The van der Waals surface area contributed by atoms with Crippen molar-refractivity contribution in [3.05, 3.63) is 60.9 Å². The molecule has 2 aliphatic rings. The number of piperazine rings is 1. The third-order valence-corrected chi connectivity index (χ3v) is 8.74. The van der Waals surface area contributed by atoms with Crippen LogP contribution in [0.2, 0.25) is 0 Å². The van der Waals surface area contributed by atoms with Gasteiger partial charge in [-0.3, -0.25) is 14.6 Å². The number of carbonyl (C=O) groups is 1. The van der Waals surface area contributed by atoms with Gasteiger partial charge >= 0.3 is 0 Å². The van der Waals surface area contributed by atoms with Crippen LogP contribution in [0.4, 0.5) is 22.9 Å². The van der Waals surface area contributed by atoms with Crippen LogP contribution in [0.3, 0.4) is 0 Å². The maximum absolute atomic E-state index is 12.4. The molecule has 1 aliphatic carbocycles. The molecule has 2 aromatic carbocycles. The molecule has 0 unspecified atom stereocenters. The molecule has 0 atom stereocenters. The zero-order valence-electron chi connectivity index (χ0n) is 24.0. The van der Waals surface area contributed by atoms with Crippen molar-refractivity contribution in [3.8, 4) is 17.0 Å². The van der Waals surface area contributed by atoms with Gasteiger partial charge in [-0.2, -0.15) is 0 Å². The second kappa shape index (κ2) is 12.4. The molecule has 11 heteroatoms. The fraction of sp³-hybridized carbons (Fsp3) is 0.355. The van der Waals surface area contributed by atoms with Crippen LogP contribution in [0.5, 0.6) is 5.75 Å². The van der Waals surface area contributed by atoms with E-state index in [0.717, 1.165) is 72.5 Å². The molecule has 10 nitrogen and oxygen atoms in total. The molecular weight excluding hydrogens is 548 g/mol. The van der Waals surface area contributed by atoms with Crippen LogP contribution in [-0.2, 0) is 4.79 Å². The molecule has 3 heterocycles. The molecule has 4 aromatic rings. The highest BCUT2D eigenvalue weighted by Gasteiger charge is 2.31. The van der Waals surface area contributed by atoms with Crippen molar-refractivity contribution in [1.82, 2.24) is 24.8 Å². The summed E-state index contributed by atoms with van der Waals surface area (Å²) in [6.07, 6.45) is 5.53. The van der Waals surface area contributed by atoms with E-state index in [1.165, 1.54) is 25.2 Å². The minimum absolute atomic E-state index is 0.278. The number of carbonyl (C=O) groups excluding carboxylic acids is 1. The van der Waals surface area contributed by atoms with Gasteiger partial charge in [0.2, 0.25) is 5.91 Å². The molecule has 0 radical (unpaired) electrons. The number of likely N-dealkylation sites (N-methyl/N-ethyl adjacent to an activating group) is 1. The molecule has 2 fully saturated rings. The number of benzene rings is 2. The second-order valence-corrected chi connectivity index (χ2v) is 11.6. The largest absolute Gasteiger partial charge is 0.494 e. The van der Waals surface area contributed by atoms with Gasteiger partial charge in [-0.15, -0.1) is 11.3 Å². The van der Waals surface area contributed by atoms with E-state index in [0.29, 0.717) is 22.9 Å². The fourth-order valence-electron chi connectivity index (χ4n) is 5.37. The molecule has 0 spiro atoms. The lowest BCUT2D eigenvalue weighted by Gasteiger charge is -2.36. The van der Waals surface area contributed by atoms with Gasteiger partial charge in [0, 0.05) is 70.1 Å². The van der Waals surface area contributed by atoms with Crippen molar-refractivity contribution in [2.75, 3.05) is 69.0 Å². The Balaban J connectivity index is 1.21. The fourth-order valence-corrected chi connectivity index (χ4v) is 6.09. The Morgan fingerprint density at radius 1 is 1.12 bits per heavy atom. The number of hydrogen-bond donors (Lipinski definition) is 2. The maximum atomic E-state index is 12.4. The van der Waals surface area contributed by atoms with Gasteiger partial charge < -0.3 is 20.3 Å². The van der Waals surface area contributed by atoms with Crippen LogP contribution >= 0.6 is 11.3 Å². The molecule has 2 N–H and O–H groups in total. The zero-order valence-corrected chi connectivity index (χ0v) is 24.9. The van der Waals surface area contributed by atoms with Crippen molar-refractivity contribution >= 4 is 50.3 Å². The minimum Gasteiger partial charge on any atom is -0.494 e. The number of nitrogens with one attached hydrogen (secondary N) is 2. The zero-order chi connectivity index (χ0) is 29.1. The molecule has 218 valence electrons. The van der Waals surface area contributed by atoms with E-state index < -0.39 is 0 Å². The first-order chi connectivity index (χ1) is 20.5. The number of hydrogen-bond acceptors (Lipinski definition) is 10. The first-order valence-electron chi connectivity index (χ1n) is 14.3. The van der Waals surface area contributed by atoms with Crippen molar-refractivity contribution in [3.63, 3.8) is 0 Å². The molecule has 6 rings (SSSR count). The van der Waals surface area contributed by atoms with Crippen LogP contribution in [0.1, 0.15) is 12.8 Å². The Labute approximate surface area is 250 Å². The standard InChI is InChI=1S/C31H36N8O2S/c1-4-31(40)36-25-16-26(35-30-17-24(32-19-33-30)21-5-8-23-29(15-21)42-20-34-23)28(41-3)18-27(25)37(2)9-10-38-11-13-39(14-12-38)22-6-7-22/h4-5,8,15-20,22H,1,6-7,9-14H2,2-3H3,(H,36,40)(H,32,33,35). The van der Waals surface area contributed by atoms with Gasteiger partial charge in [-0.25, -0.2) is 15.0 Å². The van der Waals surface area contributed by atoms with E-state index in [4.69, 9.17) is 4.74 Å². The minimum atomic E-state index is -0.278. The van der Waals surface area contributed by atoms with Gasteiger partial charge in [-0.05, 0) is 37.1 Å². The third-order valence-electron chi connectivity index (χ3n) is 7.95. The summed E-state index contributed by atoms with van der Waals surface area (Å²) in [4.78, 5) is 33.0. The first kappa shape index (κ1) is 28.1. The summed E-state index contributed by atoms with van der Waals surface area (Å²) < 4.78 is 6.90. The highest BCUT2D eigenvalue weighted by molar-refractivity contribution is 7.16. The van der Waals surface area contributed by atoms with Gasteiger partial charge in [0.15, 0.2) is 0 Å². The lowest BCUT2D eigenvalue weighted by Crippen LogP contribution is -2.48. The summed E-state index contributed by atoms with van der Waals surface area (Å²) >= 11 is 1.60. The molecule has 0 bridgehead atoms. The Bertz CT molecular complexity index is 1580. The highest BCUT2D eigenvalue weighted by atomic mass is 32.1. The van der Waals surface area contributed by atoms with Crippen LogP contribution in [-0.4, -0.2) is 90.1 Å². The Morgan fingerprint density at radius 2 is 1.95 bits per heavy atom. The number of aromatic nitrogens is 3. The number of nitrogens with zero attached hydrogens (tertiary/aromatic N) is 6. The van der Waals surface area contributed by atoms with Crippen LogP contribution < -0.4 is 20.3 Å². The molecule has 1 saturated heterocycles. The second-order valence-electron chi connectivity index (χ2n) is 10.7. The lowest BCUT2D eigenvalue weighted by atomic mass is 10.1. The number of thiazole rings is 1. The van der Waals surface area contributed by atoms with Crippen LogP contribution in [0.15, 0.2) is 60.9 Å². The van der Waals surface area contributed by atoms with Gasteiger partial charge in [-0.1, -0.05) is 12.6 Å². The number of amides is 1. The van der Waals surface area contributed by atoms with E-state index in [1.54, 1.807) is 18.4 Å². The van der Waals surface area contributed by atoms with Crippen molar-refractivity contribution < 1.29 is 9.53 Å². The number of fused-ring (bicyclic) bond motifs is 1. The molecule has 42 heavy (non-hydrogen) atoms. The summed E-state index contributed by atoms with van der Waals surface area (Å²) in [6.45, 7) is 9.87. The number of rotatable bonds is 11. The average Bonchev–Trinajstić information content (AvgIpc) is 3.76. The predicted molar refractivity (Wildman–Crippen MR) is 170 cm³/mol. The lowest BCUT2D eigenvalue weighted by molar-refractivity contribution is -0.111. The summed E-state index contributed by atoms with van der Waals surface area (Å²) in [5, 5.41) is 6.35. The smallest absolute Gasteiger partial charge is 0.247 e. The van der Waals surface area contributed by atoms with Crippen LogP contribution in [0.25, 0.3) is 21.5 Å². The van der Waals surface area contributed by atoms with E-state index in [-0.39, 0.29) is 5.91 Å². The van der Waals surface area contributed by atoms with E-state index in [1.807, 2.05) is 42.9 Å². The molecular formula is C31H36N8O2S. The Hall–Kier alpha value is -4.06. The number of anilines is 4. The summed E-state index contributed by atoms with van der Waals surface area (Å²) in [7, 11) is 3.68.